The van der Waals surface area contributed by atoms with Gasteiger partial charge in [0.05, 0.1) is 0 Å². The predicted molar refractivity (Wildman–Crippen MR) is 74.8 cm³/mol. The van der Waals surface area contributed by atoms with Crippen molar-refractivity contribution in [1.29, 1.82) is 0 Å². The smallest absolute Gasteiger partial charge is 0.287 e. The first kappa shape index (κ1) is 12.5. The summed E-state index contributed by atoms with van der Waals surface area (Å²) >= 11 is 7.45. The number of amides is 1. The molecule has 5 heteroatoms. The van der Waals surface area contributed by atoms with Crippen LogP contribution in [0.2, 0.25) is 0 Å². The summed E-state index contributed by atoms with van der Waals surface area (Å²) < 4.78 is 6.53. The quantitative estimate of drug-likeness (QED) is 0.855. The second kappa shape index (κ2) is 5.14. The maximum Gasteiger partial charge on any atom is 0.287 e. The first-order chi connectivity index (χ1) is 8.11. The van der Waals surface area contributed by atoms with E-state index in [9.17, 15) is 4.79 Å². The lowest BCUT2D eigenvalue weighted by Gasteiger charge is -1.98. The van der Waals surface area contributed by atoms with Crippen molar-refractivity contribution in [3.63, 3.8) is 0 Å². The van der Waals surface area contributed by atoms with E-state index < -0.39 is 0 Å². The molecule has 90 valence electrons. The highest BCUT2D eigenvalue weighted by molar-refractivity contribution is 9.10. The number of thiol groups is 1. The molecule has 1 amide bonds. The van der Waals surface area contributed by atoms with Crippen LogP contribution in [0.15, 0.2) is 27.1 Å². The minimum atomic E-state index is -0.203. The van der Waals surface area contributed by atoms with Crippen LogP contribution in [-0.2, 0) is 0 Å². The number of halogens is 1. The third kappa shape index (κ3) is 2.66. The van der Waals surface area contributed by atoms with Crippen LogP contribution in [0.5, 0.6) is 0 Å². The van der Waals surface area contributed by atoms with Crippen LogP contribution in [0.3, 0.4) is 0 Å². The zero-order valence-electron chi connectivity index (χ0n) is 9.29. The molecule has 1 N–H and O–H groups in total. The van der Waals surface area contributed by atoms with Crippen LogP contribution in [-0.4, -0.2) is 18.2 Å². The maximum atomic E-state index is 11.7. The fourth-order valence-corrected chi connectivity index (χ4v) is 2.35. The van der Waals surface area contributed by atoms with Crippen molar-refractivity contribution in [3.05, 3.63) is 34.0 Å². The van der Waals surface area contributed by atoms with E-state index in [1.165, 1.54) is 0 Å². The standard InChI is InChI=1S/C12H12BrNO2S/c1-7-4-9(13)5-8-6-10(16-11(7)8)12(15)14-2-3-17/h4-6,17H,2-3H2,1H3,(H,14,15). The van der Waals surface area contributed by atoms with Gasteiger partial charge in [-0.1, -0.05) is 15.9 Å². The van der Waals surface area contributed by atoms with Gasteiger partial charge in [0.1, 0.15) is 5.58 Å². The van der Waals surface area contributed by atoms with Crippen molar-refractivity contribution in [2.24, 2.45) is 0 Å². The molecular formula is C12H12BrNO2S. The van der Waals surface area contributed by atoms with Crippen molar-refractivity contribution in [1.82, 2.24) is 5.32 Å². The van der Waals surface area contributed by atoms with E-state index in [0.717, 1.165) is 21.0 Å². The summed E-state index contributed by atoms with van der Waals surface area (Å²) in [4.78, 5) is 11.7. The number of benzene rings is 1. The first-order valence-electron chi connectivity index (χ1n) is 5.20. The molecule has 2 aromatic rings. The van der Waals surface area contributed by atoms with Crippen molar-refractivity contribution in [2.75, 3.05) is 12.3 Å². The lowest BCUT2D eigenvalue weighted by Crippen LogP contribution is -2.24. The average molecular weight is 314 g/mol. The van der Waals surface area contributed by atoms with Crippen LogP contribution < -0.4 is 5.32 Å². The molecule has 0 radical (unpaired) electrons. The molecular weight excluding hydrogens is 302 g/mol. The number of carbonyl (C=O) groups excluding carboxylic acids is 1. The second-order valence-electron chi connectivity index (χ2n) is 3.73. The number of nitrogens with one attached hydrogen (secondary N) is 1. The third-order valence-electron chi connectivity index (χ3n) is 2.39. The summed E-state index contributed by atoms with van der Waals surface area (Å²) in [6.07, 6.45) is 0. The van der Waals surface area contributed by atoms with Gasteiger partial charge in [-0.05, 0) is 30.7 Å². The van der Waals surface area contributed by atoms with Crippen molar-refractivity contribution in [2.45, 2.75) is 6.92 Å². The Morgan fingerprint density at radius 1 is 1.47 bits per heavy atom. The van der Waals surface area contributed by atoms with Gasteiger partial charge < -0.3 is 9.73 Å². The fraction of sp³-hybridized carbons (Fsp3) is 0.250. The van der Waals surface area contributed by atoms with Gasteiger partial charge in [0.25, 0.3) is 5.91 Å². The fourth-order valence-electron chi connectivity index (χ4n) is 1.65. The Bertz CT molecular complexity index is 565. The molecule has 0 atom stereocenters. The number of furan rings is 1. The number of hydrogen-bond acceptors (Lipinski definition) is 3. The van der Waals surface area contributed by atoms with Crippen LogP contribution in [0.1, 0.15) is 16.1 Å². The van der Waals surface area contributed by atoms with Gasteiger partial charge in [0.15, 0.2) is 5.76 Å². The first-order valence-corrected chi connectivity index (χ1v) is 6.63. The van der Waals surface area contributed by atoms with E-state index >= 15 is 0 Å². The molecule has 1 aromatic carbocycles. The Morgan fingerprint density at radius 3 is 2.94 bits per heavy atom. The van der Waals surface area contributed by atoms with Crippen molar-refractivity contribution < 1.29 is 9.21 Å². The number of rotatable bonds is 3. The minimum Gasteiger partial charge on any atom is -0.451 e. The topological polar surface area (TPSA) is 42.2 Å². The molecule has 17 heavy (non-hydrogen) atoms. The van der Waals surface area contributed by atoms with E-state index in [1.54, 1.807) is 6.07 Å². The monoisotopic (exact) mass is 313 g/mol. The van der Waals surface area contributed by atoms with Gasteiger partial charge in [-0.2, -0.15) is 12.6 Å². The maximum absolute atomic E-state index is 11.7. The molecule has 0 aliphatic rings. The summed E-state index contributed by atoms with van der Waals surface area (Å²) in [7, 11) is 0. The molecule has 0 bridgehead atoms. The van der Waals surface area contributed by atoms with E-state index in [0.29, 0.717) is 18.1 Å². The Kier molecular flexibility index (Phi) is 3.79. The third-order valence-corrected chi connectivity index (χ3v) is 3.07. The molecule has 0 aliphatic carbocycles. The van der Waals surface area contributed by atoms with Gasteiger partial charge in [0.2, 0.25) is 0 Å². The highest BCUT2D eigenvalue weighted by atomic mass is 79.9. The number of hydrogen-bond donors (Lipinski definition) is 2. The molecule has 3 nitrogen and oxygen atoms in total. The number of fused-ring (bicyclic) bond motifs is 1. The number of aryl methyl sites for hydroxylation is 1. The van der Waals surface area contributed by atoms with Gasteiger partial charge in [-0.25, -0.2) is 0 Å². The lowest BCUT2D eigenvalue weighted by atomic mass is 10.2. The molecule has 0 saturated heterocycles. The molecule has 1 heterocycles. The van der Waals surface area contributed by atoms with E-state index in [4.69, 9.17) is 4.42 Å². The van der Waals surface area contributed by atoms with Crippen molar-refractivity contribution >= 4 is 45.4 Å². The molecule has 0 aliphatic heterocycles. The van der Waals surface area contributed by atoms with Crippen molar-refractivity contribution in [3.8, 4) is 0 Å². The minimum absolute atomic E-state index is 0.203. The SMILES string of the molecule is Cc1cc(Br)cc2cc(C(=O)NCCS)oc12. The molecule has 0 spiro atoms. The summed E-state index contributed by atoms with van der Waals surface area (Å²) in [5.41, 5.74) is 1.76. The van der Waals surface area contributed by atoms with Crippen LogP contribution in [0, 0.1) is 6.92 Å². The highest BCUT2D eigenvalue weighted by Crippen LogP contribution is 2.26. The van der Waals surface area contributed by atoms with E-state index in [1.807, 2.05) is 19.1 Å². The van der Waals surface area contributed by atoms with Crippen LogP contribution in [0.4, 0.5) is 0 Å². The van der Waals surface area contributed by atoms with E-state index in [-0.39, 0.29) is 5.91 Å². The molecule has 0 unspecified atom stereocenters. The van der Waals surface area contributed by atoms with Crippen LogP contribution >= 0.6 is 28.6 Å². The lowest BCUT2D eigenvalue weighted by molar-refractivity contribution is 0.0930. The normalized spacial score (nSPS) is 10.8. The number of carbonyl (C=O) groups is 1. The predicted octanol–water partition coefficient (Wildman–Crippen LogP) is 3.16. The van der Waals surface area contributed by atoms with Gasteiger partial charge in [-0.3, -0.25) is 4.79 Å². The largest absolute Gasteiger partial charge is 0.451 e. The average Bonchev–Trinajstić information content (AvgIpc) is 2.69. The molecule has 0 saturated carbocycles. The van der Waals surface area contributed by atoms with Gasteiger partial charge in [-0.15, -0.1) is 0 Å². The molecule has 0 fully saturated rings. The summed E-state index contributed by atoms with van der Waals surface area (Å²) in [5.74, 6) is 0.741. The van der Waals surface area contributed by atoms with Crippen LogP contribution in [0.25, 0.3) is 11.0 Å². The second-order valence-corrected chi connectivity index (χ2v) is 5.09. The Balaban J connectivity index is 2.37. The summed E-state index contributed by atoms with van der Waals surface area (Å²) in [6, 6.07) is 5.64. The summed E-state index contributed by atoms with van der Waals surface area (Å²) in [6.45, 7) is 2.48. The Labute approximate surface area is 113 Å². The Morgan fingerprint density at radius 2 is 2.24 bits per heavy atom. The Hall–Kier alpha value is -0.940. The van der Waals surface area contributed by atoms with E-state index in [2.05, 4.69) is 33.9 Å². The highest BCUT2D eigenvalue weighted by Gasteiger charge is 2.13. The zero-order chi connectivity index (χ0) is 12.4. The molecule has 1 aromatic heterocycles. The van der Waals surface area contributed by atoms with Gasteiger partial charge >= 0.3 is 0 Å². The van der Waals surface area contributed by atoms with Gasteiger partial charge in [0, 0.05) is 22.2 Å². The molecule has 2 rings (SSSR count). The summed E-state index contributed by atoms with van der Waals surface area (Å²) in [5, 5.41) is 3.65. The zero-order valence-corrected chi connectivity index (χ0v) is 11.8.